The minimum absolute atomic E-state index is 0.0321. The number of para-hydroxylation sites is 2. The van der Waals surface area contributed by atoms with Gasteiger partial charge in [0.2, 0.25) is 5.91 Å². The molecule has 3 nitrogen and oxygen atoms in total. The predicted octanol–water partition coefficient (Wildman–Crippen LogP) is 4.43. The maximum atomic E-state index is 13.4. The van der Waals surface area contributed by atoms with Gasteiger partial charge in [0.1, 0.15) is 5.41 Å². The molecule has 1 aliphatic heterocycles. The van der Waals surface area contributed by atoms with Crippen LogP contribution in [-0.4, -0.2) is 10.9 Å². The molecule has 0 radical (unpaired) electrons. The summed E-state index contributed by atoms with van der Waals surface area (Å²) in [5, 5.41) is 4.23. The zero-order chi connectivity index (χ0) is 16.6. The molecule has 25 heavy (non-hydrogen) atoms. The quantitative estimate of drug-likeness (QED) is 0.494. The van der Waals surface area contributed by atoms with Gasteiger partial charge in [0.15, 0.2) is 0 Å². The third kappa shape index (κ3) is 1.33. The molecule has 3 aromatic carbocycles. The molecule has 0 fully saturated rings. The van der Waals surface area contributed by atoms with Gasteiger partial charge in [-0.25, -0.2) is 0 Å². The van der Waals surface area contributed by atoms with Gasteiger partial charge in [0.25, 0.3) is 0 Å². The van der Waals surface area contributed by atoms with Gasteiger partial charge in [0, 0.05) is 33.3 Å². The summed E-state index contributed by atoms with van der Waals surface area (Å²) in [4.78, 5) is 17.0. The fraction of sp³-hybridized carbons (Fsp3) is 0.0455. The molecule has 118 valence electrons. The predicted molar refractivity (Wildman–Crippen MR) is 98.7 cm³/mol. The largest absolute Gasteiger partial charge is 0.354 e. The van der Waals surface area contributed by atoms with Crippen LogP contribution in [0.4, 0.5) is 5.69 Å². The molecule has 1 aliphatic carbocycles. The third-order valence-electron chi connectivity index (χ3n) is 5.60. The molecule has 2 heterocycles. The van der Waals surface area contributed by atoms with Crippen LogP contribution < -0.4 is 5.32 Å². The first-order chi connectivity index (χ1) is 12.3. The minimum atomic E-state index is -0.776. The van der Waals surface area contributed by atoms with Crippen molar-refractivity contribution < 1.29 is 4.79 Å². The summed E-state index contributed by atoms with van der Waals surface area (Å²) in [6, 6.07) is 24.5. The number of carbonyl (C=O) groups is 1. The Labute approximate surface area is 144 Å². The van der Waals surface area contributed by atoms with E-state index in [9.17, 15) is 4.79 Å². The van der Waals surface area contributed by atoms with Crippen LogP contribution >= 0.6 is 0 Å². The number of aromatic amines is 1. The van der Waals surface area contributed by atoms with E-state index in [2.05, 4.69) is 40.6 Å². The molecular weight excluding hydrogens is 308 g/mol. The molecule has 2 N–H and O–H groups in total. The Morgan fingerprint density at radius 2 is 1.48 bits per heavy atom. The first-order valence-corrected chi connectivity index (χ1v) is 8.44. The van der Waals surface area contributed by atoms with E-state index in [-0.39, 0.29) is 5.91 Å². The van der Waals surface area contributed by atoms with E-state index in [1.165, 1.54) is 0 Å². The van der Waals surface area contributed by atoms with Gasteiger partial charge in [-0.2, -0.15) is 0 Å². The van der Waals surface area contributed by atoms with Crippen molar-refractivity contribution in [1.29, 1.82) is 0 Å². The highest BCUT2D eigenvalue weighted by atomic mass is 16.2. The fourth-order valence-corrected chi connectivity index (χ4v) is 4.67. The highest BCUT2D eigenvalue weighted by molar-refractivity contribution is 6.18. The maximum absolute atomic E-state index is 13.4. The number of aromatic nitrogens is 1. The van der Waals surface area contributed by atoms with Crippen molar-refractivity contribution in [3.63, 3.8) is 0 Å². The van der Waals surface area contributed by atoms with E-state index in [1.54, 1.807) is 0 Å². The van der Waals surface area contributed by atoms with E-state index in [0.717, 1.165) is 44.5 Å². The summed E-state index contributed by atoms with van der Waals surface area (Å²) in [6.45, 7) is 0. The second-order valence-corrected chi connectivity index (χ2v) is 6.72. The Hall–Kier alpha value is -3.33. The highest BCUT2D eigenvalue weighted by Crippen LogP contribution is 2.58. The molecule has 1 amide bonds. The lowest BCUT2D eigenvalue weighted by atomic mass is 9.73. The number of benzene rings is 3. The number of rotatable bonds is 0. The van der Waals surface area contributed by atoms with Crippen molar-refractivity contribution in [2.45, 2.75) is 5.41 Å². The van der Waals surface area contributed by atoms with Crippen molar-refractivity contribution in [1.82, 2.24) is 4.98 Å². The lowest BCUT2D eigenvalue weighted by molar-refractivity contribution is -0.118. The number of carbonyl (C=O) groups excluding carboxylic acids is 1. The molecule has 1 atom stereocenters. The van der Waals surface area contributed by atoms with Gasteiger partial charge >= 0.3 is 0 Å². The summed E-state index contributed by atoms with van der Waals surface area (Å²) >= 11 is 0. The molecule has 3 heteroatoms. The van der Waals surface area contributed by atoms with Crippen LogP contribution in [-0.2, 0) is 10.2 Å². The Morgan fingerprint density at radius 1 is 0.760 bits per heavy atom. The smallest absolute Gasteiger partial charge is 0.244 e. The summed E-state index contributed by atoms with van der Waals surface area (Å²) in [7, 11) is 0. The van der Waals surface area contributed by atoms with Crippen molar-refractivity contribution in [3.8, 4) is 11.3 Å². The van der Waals surface area contributed by atoms with E-state index >= 15 is 0 Å². The number of anilines is 1. The van der Waals surface area contributed by atoms with E-state index in [4.69, 9.17) is 0 Å². The fourth-order valence-electron chi connectivity index (χ4n) is 4.67. The first kappa shape index (κ1) is 13.0. The lowest BCUT2D eigenvalue weighted by Crippen LogP contribution is -2.34. The first-order valence-electron chi connectivity index (χ1n) is 8.44. The van der Waals surface area contributed by atoms with E-state index < -0.39 is 5.41 Å². The molecular formula is C22H14N2O. The molecule has 4 aromatic rings. The number of nitrogens with one attached hydrogen (secondary N) is 2. The van der Waals surface area contributed by atoms with E-state index in [1.807, 2.05) is 42.5 Å². The number of hydrogen-bond acceptors (Lipinski definition) is 1. The molecule has 0 bridgehead atoms. The van der Waals surface area contributed by atoms with Crippen molar-refractivity contribution in [2.24, 2.45) is 0 Å². The molecule has 1 spiro atoms. The lowest BCUT2D eigenvalue weighted by Gasteiger charge is -2.25. The SMILES string of the molecule is O=C1Nc2ccccc2C12c1ccccc1-c1[nH]c3ccccc3c12. The second kappa shape index (κ2) is 4.19. The second-order valence-electron chi connectivity index (χ2n) is 6.72. The van der Waals surface area contributed by atoms with Crippen LogP contribution in [0.3, 0.4) is 0 Å². The van der Waals surface area contributed by atoms with Crippen molar-refractivity contribution in [3.05, 3.63) is 89.5 Å². The van der Waals surface area contributed by atoms with Gasteiger partial charge < -0.3 is 10.3 Å². The molecule has 6 rings (SSSR count). The minimum Gasteiger partial charge on any atom is -0.354 e. The normalized spacial score (nSPS) is 19.8. The van der Waals surface area contributed by atoms with Crippen LogP contribution in [0.1, 0.15) is 16.7 Å². The Balaban J connectivity index is 1.87. The molecule has 0 saturated heterocycles. The zero-order valence-electron chi connectivity index (χ0n) is 13.3. The molecule has 1 aromatic heterocycles. The number of hydrogen-bond donors (Lipinski definition) is 2. The zero-order valence-corrected chi connectivity index (χ0v) is 13.3. The topological polar surface area (TPSA) is 44.9 Å². The third-order valence-corrected chi connectivity index (χ3v) is 5.60. The average molecular weight is 322 g/mol. The monoisotopic (exact) mass is 322 g/mol. The summed E-state index contributed by atoms with van der Waals surface area (Å²) in [6.07, 6.45) is 0. The van der Waals surface area contributed by atoms with E-state index in [0.29, 0.717) is 0 Å². The van der Waals surface area contributed by atoms with Gasteiger partial charge in [-0.3, -0.25) is 4.79 Å². The van der Waals surface area contributed by atoms with Gasteiger partial charge in [-0.05, 0) is 17.7 Å². The van der Waals surface area contributed by atoms with Gasteiger partial charge in [-0.15, -0.1) is 0 Å². The number of H-pyrrole nitrogens is 1. The van der Waals surface area contributed by atoms with Gasteiger partial charge in [-0.1, -0.05) is 60.7 Å². The number of amides is 1. The van der Waals surface area contributed by atoms with Crippen molar-refractivity contribution >= 4 is 22.5 Å². The molecule has 0 saturated carbocycles. The highest BCUT2D eigenvalue weighted by Gasteiger charge is 2.56. The number of fused-ring (bicyclic) bond motifs is 9. The summed E-state index contributed by atoms with van der Waals surface area (Å²) < 4.78 is 0. The summed E-state index contributed by atoms with van der Waals surface area (Å²) in [5.74, 6) is 0.0321. The van der Waals surface area contributed by atoms with Crippen LogP contribution in [0, 0.1) is 0 Å². The molecule has 2 aliphatic rings. The average Bonchev–Trinajstić information content (AvgIpc) is 3.26. The van der Waals surface area contributed by atoms with Crippen molar-refractivity contribution in [2.75, 3.05) is 5.32 Å². The maximum Gasteiger partial charge on any atom is 0.244 e. The van der Waals surface area contributed by atoms with Crippen LogP contribution in [0.15, 0.2) is 72.8 Å². The standard InChI is InChI=1S/C22H14N2O/c25-21-22(16-10-4-6-12-18(16)24-21)15-9-3-1-7-13(15)20-19(22)14-8-2-5-11-17(14)23-20/h1-12,23H,(H,24,25). The Kier molecular flexibility index (Phi) is 2.18. The Bertz CT molecular complexity index is 1200. The Morgan fingerprint density at radius 3 is 2.40 bits per heavy atom. The molecule has 1 unspecified atom stereocenters. The summed E-state index contributed by atoms with van der Waals surface area (Å²) in [5.41, 5.74) is 6.54. The van der Waals surface area contributed by atoms with Crippen LogP contribution in [0.5, 0.6) is 0 Å². The van der Waals surface area contributed by atoms with Gasteiger partial charge in [0.05, 0.1) is 5.69 Å². The van der Waals surface area contributed by atoms with Crippen LogP contribution in [0.25, 0.3) is 22.2 Å². The van der Waals surface area contributed by atoms with Crippen LogP contribution in [0.2, 0.25) is 0 Å².